The quantitative estimate of drug-likeness (QED) is 0.853. The van der Waals surface area contributed by atoms with Crippen LogP contribution in [-0.2, 0) is 16.1 Å². The molecule has 2 fully saturated rings. The third-order valence-electron chi connectivity index (χ3n) is 4.91. The number of methoxy groups -OCH3 is 1. The standard InChI is InChI=1S/C16H24N4O2/c1-10-18-12(9-17)8-15(19-10)20-13-6-4-3-5-11(13)7-14(20)16(21)22-2/h8,11,13-14H,3-7,9,17H2,1-2H3/t11-,13-,14-/m0/s1. The normalized spacial score (nSPS) is 27.6. The summed E-state index contributed by atoms with van der Waals surface area (Å²) >= 11 is 0. The highest BCUT2D eigenvalue weighted by molar-refractivity contribution is 5.80. The van der Waals surface area contributed by atoms with Gasteiger partial charge >= 0.3 is 5.97 Å². The molecule has 22 heavy (non-hydrogen) atoms. The summed E-state index contributed by atoms with van der Waals surface area (Å²) < 4.78 is 5.03. The molecule has 0 unspecified atom stereocenters. The van der Waals surface area contributed by atoms with Crippen LogP contribution in [0.15, 0.2) is 6.07 Å². The molecule has 3 atom stereocenters. The first-order chi connectivity index (χ1) is 10.6. The molecule has 1 aliphatic carbocycles. The molecule has 2 heterocycles. The summed E-state index contributed by atoms with van der Waals surface area (Å²) in [6.07, 6.45) is 5.61. The minimum atomic E-state index is -0.238. The first kappa shape index (κ1) is 15.2. The van der Waals surface area contributed by atoms with Crippen LogP contribution in [0, 0.1) is 12.8 Å². The van der Waals surface area contributed by atoms with Crippen LogP contribution < -0.4 is 10.6 Å². The number of anilines is 1. The van der Waals surface area contributed by atoms with Crippen molar-refractivity contribution in [3.05, 3.63) is 17.6 Å². The lowest BCUT2D eigenvalue weighted by Gasteiger charge is -2.34. The van der Waals surface area contributed by atoms with Crippen LogP contribution in [0.1, 0.15) is 43.6 Å². The van der Waals surface area contributed by atoms with Gasteiger partial charge in [-0.15, -0.1) is 0 Å². The van der Waals surface area contributed by atoms with Crippen LogP contribution in [-0.4, -0.2) is 35.1 Å². The maximum absolute atomic E-state index is 12.2. The van der Waals surface area contributed by atoms with E-state index in [0.29, 0.717) is 24.3 Å². The number of fused-ring (bicyclic) bond motifs is 1. The molecule has 0 aromatic carbocycles. The summed E-state index contributed by atoms with van der Waals surface area (Å²) in [5, 5.41) is 0. The number of hydrogen-bond donors (Lipinski definition) is 1. The predicted molar refractivity (Wildman–Crippen MR) is 83.3 cm³/mol. The second kappa shape index (κ2) is 6.20. The molecule has 6 nitrogen and oxygen atoms in total. The van der Waals surface area contributed by atoms with Gasteiger partial charge in [0.25, 0.3) is 0 Å². The lowest BCUT2D eigenvalue weighted by Crippen LogP contribution is -2.43. The van der Waals surface area contributed by atoms with E-state index >= 15 is 0 Å². The van der Waals surface area contributed by atoms with Gasteiger partial charge in [0.05, 0.1) is 12.8 Å². The number of aryl methyl sites for hydroxylation is 1. The van der Waals surface area contributed by atoms with Gasteiger partial charge < -0.3 is 15.4 Å². The van der Waals surface area contributed by atoms with Crippen LogP contribution >= 0.6 is 0 Å². The number of rotatable bonds is 3. The number of aromatic nitrogens is 2. The van der Waals surface area contributed by atoms with Crippen LogP contribution in [0.2, 0.25) is 0 Å². The maximum Gasteiger partial charge on any atom is 0.328 e. The fraction of sp³-hybridized carbons (Fsp3) is 0.688. The van der Waals surface area contributed by atoms with Crippen molar-refractivity contribution in [1.82, 2.24) is 9.97 Å². The zero-order valence-electron chi connectivity index (χ0n) is 13.3. The molecule has 1 aromatic heterocycles. The topological polar surface area (TPSA) is 81.3 Å². The van der Waals surface area contributed by atoms with E-state index in [4.69, 9.17) is 10.5 Å². The molecule has 1 aliphatic heterocycles. The van der Waals surface area contributed by atoms with E-state index < -0.39 is 0 Å². The first-order valence-corrected chi connectivity index (χ1v) is 8.05. The van der Waals surface area contributed by atoms with Crippen molar-refractivity contribution < 1.29 is 9.53 Å². The van der Waals surface area contributed by atoms with Gasteiger partial charge in [0.2, 0.25) is 0 Å². The zero-order chi connectivity index (χ0) is 15.7. The Labute approximate surface area is 131 Å². The van der Waals surface area contributed by atoms with Crippen molar-refractivity contribution in [1.29, 1.82) is 0 Å². The third-order valence-corrected chi connectivity index (χ3v) is 4.91. The molecule has 0 radical (unpaired) electrons. The summed E-state index contributed by atoms with van der Waals surface area (Å²) in [6.45, 7) is 2.24. The van der Waals surface area contributed by atoms with E-state index in [2.05, 4.69) is 14.9 Å². The Morgan fingerprint density at radius 2 is 2.18 bits per heavy atom. The number of carbonyl (C=O) groups is 1. The van der Waals surface area contributed by atoms with Gasteiger partial charge in [0.15, 0.2) is 0 Å². The zero-order valence-corrected chi connectivity index (χ0v) is 13.3. The van der Waals surface area contributed by atoms with Gasteiger partial charge in [-0.1, -0.05) is 12.8 Å². The van der Waals surface area contributed by atoms with Crippen molar-refractivity contribution in [3.63, 3.8) is 0 Å². The average molecular weight is 304 g/mol. The fourth-order valence-electron chi connectivity index (χ4n) is 3.99. The number of esters is 1. The van der Waals surface area contributed by atoms with Crippen molar-refractivity contribution in [2.24, 2.45) is 11.7 Å². The predicted octanol–water partition coefficient (Wildman–Crippen LogP) is 1.55. The van der Waals surface area contributed by atoms with Crippen LogP contribution in [0.4, 0.5) is 5.82 Å². The SMILES string of the molecule is COC(=O)[C@@H]1C[C@@H]2CCCC[C@@H]2N1c1cc(CN)nc(C)n1. The Kier molecular flexibility index (Phi) is 4.29. The van der Waals surface area contributed by atoms with Crippen molar-refractivity contribution in [2.75, 3.05) is 12.0 Å². The lowest BCUT2D eigenvalue weighted by atomic mass is 9.85. The third kappa shape index (κ3) is 2.67. The van der Waals surface area contributed by atoms with Gasteiger partial charge in [-0.05, 0) is 32.1 Å². The van der Waals surface area contributed by atoms with Crippen LogP contribution in [0.3, 0.4) is 0 Å². The van der Waals surface area contributed by atoms with Crippen molar-refractivity contribution in [3.8, 4) is 0 Å². The Hall–Kier alpha value is -1.69. The summed E-state index contributed by atoms with van der Waals surface area (Å²) in [5.41, 5.74) is 6.55. The lowest BCUT2D eigenvalue weighted by molar-refractivity contribution is -0.142. The fourth-order valence-corrected chi connectivity index (χ4v) is 3.99. The minimum absolute atomic E-state index is 0.167. The molecule has 1 aromatic rings. The molecule has 2 aliphatic rings. The molecule has 1 saturated carbocycles. The summed E-state index contributed by atoms with van der Waals surface area (Å²) in [4.78, 5) is 23.3. The number of ether oxygens (including phenoxy) is 1. The molecule has 0 bridgehead atoms. The number of nitrogens with zero attached hydrogens (tertiary/aromatic N) is 3. The summed E-state index contributed by atoms with van der Waals surface area (Å²) in [7, 11) is 1.46. The molecule has 0 spiro atoms. The van der Waals surface area contributed by atoms with E-state index in [1.807, 2.05) is 13.0 Å². The number of carbonyl (C=O) groups excluding carboxylic acids is 1. The Bertz CT molecular complexity index is 563. The molecule has 6 heteroatoms. The highest BCUT2D eigenvalue weighted by Gasteiger charge is 2.46. The van der Waals surface area contributed by atoms with Crippen LogP contribution in [0.25, 0.3) is 0 Å². The van der Waals surface area contributed by atoms with E-state index in [9.17, 15) is 4.79 Å². The second-order valence-electron chi connectivity index (χ2n) is 6.26. The number of hydrogen-bond acceptors (Lipinski definition) is 6. The first-order valence-electron chi connectivity index (χ1n) is 8.05. The molecule has 3 rings (SSSR count). The van der Waals surface area contributed by atoms with Crippen molar-refractivity contribution in [2.45, 2.75) is 57.7 Å². The molecule has 1 saturated heterocycles. The number of nitrogens with two attached hydrogens (primary N) is 1. The molecular formula is C16H24N4O2. The van der Waals surface area contributed by atoms with Gasteiger partial charge in [-0.3, -0.25) is 0 Å². The van der Waals surface area contributed by atoms with Gasteiger partial charge in [-0.25, -0.2) is 14.8 Å². The molecule has 120 valence electrons. The van der Waals surface area contributed by atoms with Crippen molar-refractivity contribution >= 4 is 11.8 Å². The smallest absolute Gasteiger partial charge is 0.328 e. The average Bonchev–Trinajstić information content (AvgIpc) is 2.92. The van der Waals surface area contributed by atoms with E-state index in [0.717, 1.165) is 24.4 Å². The monoisotopic (exact) mass is 304 g/mol. The Morgan fingerprint density at radius 1 is 1.41 bits per heavy atom. The van der Waals surface area contributed by atoms with E-state index in [1.54, 1.807) is 0 Å². The van der Waals surface area contributed by atoms with E-state index in [-0.39, 0.29) is 12.0 Å². The Morgan fingerprint density at radius 3 is 2.91 bits per heavy atom. The van der Waals surface area contributed by atoms with E-state index in [1.165, 1.54) is 26.4 Å². The van der Waals surface area contributed by atoms with Gasteiger partial charge in [0, 0.05) is 18.7 Å². The molecule has 2 N–H and O–H groups in total. The summed E-state index contributed by atoms with van der Waals surface area (Å²) in [5.74, 6) is 1.90. The molecular weight excluding hydrogens is 280 g/mol. The largest absolute Gasteiger partial charge is 0.467 e. The highest BCUT2D eigenvalue weighted by atomic mass is 16.5. The van der Waals surface area contributed by atoms with Gasteiger partial charge in [-0.2, -0.15) is 0 Å². The Balaban J connectivity index is 1.99. The highest BCUT2D eigenvalue weighted by Crippen LogP contribution is 2.42. The van der Waals surface area contributed by atoms with Gasteiger partial charge in [0.1, 0.15) is 17.7 Å². The van der Waals surface area contributed by atoms with Crippen LogP contribution in [0.5, 0.6) is 0 Å². The minimum Gasteiger partial charge on any atom is -0.467 e. The molecule has 0 amide bonds. The second-order valence-corrected chi connectivity index (χ2v) is 6.26. The summed E-state index contributed by atoms with van der Waals surface area (Å²) in [6, 6.07) is 2.05. The maximum atomic E-state index is 12.2.